The molecule has 0 unspecified atom stereocenters. The first-order valence-corrected chi connectivity index (χ1v) is 10.4. The summed E-state index contributed by atoms with van der Waals surface area (Å²) in [4.78, 5) is 29.3. The highest BCUT2D eigenvalue weighted by molar-refractivity contribution is 6.47. The summed E-state index contributed by atoms with van der Waals surface area (Å²) in [7, 11) is 5.31. The first-order chi connectivity index (χ1) is 14.6. The van der Waals surface area contributed by atoms with E-state index in [4.69, 9.17) is 27.9 Å². The number of nitrogens with zero attached hydrogens (tertiary/aromatic N) is 2. The summed E-state index contributed by atoms with van der Waals surface area (Å²) in [5, 5.41) is 11.9. The maximum atomic E-state index is 13.0. The van der Waals surface area contributed by atoms with Crippen LogP contribution in [0.15, 0.2) is 42.0 Å². The summed E-state index contributed by atoms with van der Waals surface area (Å²) in [5.74, 6) is -1.03. The lowest BCUT2D eigenvalue weighted by Gasteiger charge is -2.27. The number of amides is 1. The fourth-order valence-electron chi connectivity index (χ4n) is 3.65. The van der Waals surface area contributed by atoms with Gasteiger partial charge >= 0.3 is 0 Å². The predicted octanol–water partition coefficient (Wildman–Crippen LogP) is 4.29. The molecule has 8 heteroatoms. The Labute approximate surface area is 191 Å². The van der Waals surface area contributed by atoms with E-state index in [1.54, 1.807) is 43.5 Å². The minimum Gasteiger partial charge on any atom is -0.507 e. The molecule has 0 spiro atoms. The third-order valence-electron chi connectivity index (χ3n) is 5.25. The van der Waals surface area contributed by atoms with Crippen LogP contribution in [0.5, 0.6) is 5.75 Å². The van der Waals surface area contributed by atoms with Crippen molar-refractivity contribution >= 4 is 40.7 Å². The molecule has 3 rings (SSSR count). The molecule has 0 saturated carbocycles. The zero-order chi connectivity index (χ0) is 22.9. The number of halogens is 2. The van der Waals surface area contributed by atoms with Crippen molar-refractivity contribution in [3.63, 3.8) is 0 Å². The third kappa shape index (κ3) is 4.56. The van der Waals surface area contributed by atoms with E-state index in [2.05, 4.69) is 0 Å². The van der Waals surface area contributed by atoms with Crippen molar-refractivity contribution in [2.24, 2.45) is 0 Å². The smallest absolute Gasteiger partial charge is 0.295 e. The molecule has 31 heavy (non-hydrogen) atoms. The molecular weight excluding hydrogens is 439 g/mol. The van der Waals surface area contributed by atoms with E-state index in [1.165, 1.54) is 4.90 Å². The van der Waals surface area contributed by atoms with Crippen molar-refractivity contribution in [2.75, 3.05) is 34.3 Å². The monoisotopic (exact) mass is 462 g/mol. The highest BCUT2D eigenvalue weighted by atomic mass is 35.5. The number of ether oxygens (including phenoxy) is 1. The van der Waals surface area contributed by atoms with Gasteiger partial charge in [0.1, 0.15) is 11.5 Å². The number of benzene rings is 2. The van der Waals surface area contributed by atoms with Crippen LogP contribution >= 0.6 is 23.2 Å². The standard InChI is InChI=1S/C23H24Cl2N2O4/c1-13-11-14(5-8-18(13)31-4)21(28)19-20(16-7-6-15(24)12-17(16)25)27(10-9-26(2)3)23(30)22(19)29/h5-8,11-12,20,28H,9-10H2,1-4H3/b21-19+/t20-/m0/s1. The number of aryl methyl sites for hydroxylation is 1. The lowest BCUT2D eigenvalue weighted by molar-refractivity contribution is -0.140. The fourth-order valence-corrected chi connectivity index (χ4v) is 4.16. The minimum absolute atomic E-state index is 0.00227. The molecule has 0 bridgehead atoms. The first-order valence-electron chi connectivity index (χ1n) is 9.68. The Morgan fingerprint density at radius 3 is 2.45 bits per heavy atom. The van der Waals surface area contributed by atoms with Gasteiger partial charge < -0.3 is 19.6 Å². The van der Waals surface area contributed by atoms with Crippen LogP contribution in [0, 0.1) is 6.92 Å². The number of Topliss-reactive ketones (excluding diaryl/α,β-unsaturated/α-hetero) is 1. The molecule has 1 fully saturated rings. The van der Waals surface area contributed by atoms with E-state index in [-0.39, 0.29) is 11.3 Å². The molecule has 1 N–H and O–H groups in total. The number of hydrogen-bond donors (Lipinski definition) is 1. The maximum absolute atomic E-state index is 13.0. The van der Waals surface area contributed by atoms with Gasteiger partial charge in [0, 0.05) is 28.7 Å². The zero-order valence-electron chi connectivity index (χ0n) is 17.8. The maximum Gasteiger partial charge on any atom is 0.295 e. The predicted molar refractivity (Wildman–Crippen MR) is 122 cm³/mol. The minimum atomic E-state index is -0.827. The summed E-state index contributed by atoms with van der Waals surface area (Å²) in [5.41, 5.74) is 1.72. The SMILES string of the molecule is COc1ccc(/C(O)=C2\C(=O)C(=O)N(CCN(C)C)[C@H]2c2ccc(Cl)cc2Cl)cc1C. The third-order valence-corrected chi connectivity index (χ3v) is 5.82. The number of likely N-dealkylation sites (N-methyl/N-ethyl adjacent to an activating group) is 1. The molecule has 1 heterocycles. The van der Waals surface area contributed by atoms with Crippen LogP contribution in [0.2, 0.25) is 10.0 Å². The zero-order valence-corrected chi connectivity index (χ0v) is 19.3. The van der Waals surface area contributed by atoms with Crippen molar-refractivity contribution in [1.29, 1.82) is 0 Å². The normalized spacial score (nSPS) is 18.2. The number of ketones is 1. The number of aliphatic hydroxyl groups is 1. The summed E-state index contributed by atoms with van der Waals surface area (Å²) >= 11 is 12.5. The van der Waals surface area contributed by atoms with E-state index in [0.717, 1.165) is 5.56 Å². The Kier molecular flexibility index (Phi) is 6.94. The number of likely N-dealkylation sites (tertiary alicyclic amines) is 1. The number of methoxy groups -OCH3 is 1. The molecule has 2 aromatic rings. The van der Waals surface area contributed by atoms with Crippen molar-refractivity contribution < 1.29 is 19.4 Å². The van der Waals surface area contributed by atoms with Gasteiger partial charge in [-0.25, -0.2) is 0 Å². The van der Waals surface area contributed by atoms with Crippen molar-refractivity contribution in [3.8, 4) is 5.75 Å². The van der Waals surface area contributed by atoms with Gasteiger partial charge in [-0.1, -0.05) is 29.3 Å². The molecule has 0 aliphatic carbocycles. The van der Waals surface area contributed by atoms with Gasteiger partial charge in [-0.05, 0) is 62.5 Å². The van der Waals surface area contributed by atoms with Crippen molar-refractivity contribution in [2.45, 2.75) is 13.0 Å². The van der Waals surface area contributed by atoms with Crippen LogP contribution < -0.4 is 4.74 Å². The molecule has 0 radical (unpaired) electrons. The van der Waals surface area contributed by atoms with Gasteiger partial charge in [0.2, 0.25) is 0 Å². The molecule has 164 valence electrons. The molecule has 0 aromatic heterocycles. The largest absolute Gasteiger partial charge is 0.507 e. The van der Waals surface area contributed by atoms with E-state index in [9.17, 15) is 14.7 Å². The summed E-state index contributed by atoms with van der Waals surface area (Å²) < 4.78 is 5.27. The summed E-state index contributed by atoms with van der Waals surface area (Å²) in [6.45, 7) is 2.66. The molecule has 2 aromatic carbocycles. The van der Waals surface area contributed by atoms with Crippen LogP contribution in [-0.2, 0) is 9.59 Å². The Morgan fingerprint density at radius 2 is 1.87 bits per heavy atom. The molecular formula is C23H24Cl2N2O4. The number of aliphatic hydroxyl groups excluding tert-OH is 1. The van der Waals surface area contributed by atoms with E-state index in [1.807, 2.05) is 25.9 Å². The molecule has 1 aliphatic rings. The van der Waals surface area contributed by atoms with Crippen molar-refractivity contribution in [1.82, 2.24) is 9.80 Å². The van der Waals surface area contributed by atoms with Crippen LogP contribution in [0.4, 0.5) is 0 Å². The van der Waals surface area contributed by atoms with Gasteiger partial charge in [0.25, 0.3) is 11.7 Å². The van der Waals surface area contributed by atoms with Gasteiger partial charge in [-0.3, -0.25) is 9.59 Å². The Balaban J connectivity index is 2.19. The van der Waals surface area contributed by atoms with Gasteiger partial charge in [-0.15, -0.1) is 0 Å². The van der Waals surface area contributed by atoms with Crippen LogP contribution in [0.3, 0.4) is 0 Å². The van der Waals surface area contributed by atoms with E-state index in [0.29, 0.717) is 40.0 Å². The molecule has 1 amide bonds. The van der Waals surface area contributed by atoms with Gasteiger partial charge in [-0.2, -0.15) is 0 Å². The number of carbonyl (C=O) groups is 2. The van der Waals surface area contributed by atoms with Gasteiger partial charge in [0.05, 0.1) is 18.7 Å². The average Bonchev–Trinajstić information content (AvgIpc) is 2.96. The van der Waals surface area contributed by atoms with Crippen LogP contribution in [0.25, 0.3) is 5.76 Å². The Morgan fingerprint density at radius 1 is 1.16 bits per heavy atom. The number of hydrogen-bond acceptors (Lipinski definition) is 5. The topological polar surface area (TPSA) is 70.1 Å². The van der Waals surface area contributed by atoms with E-state index >= 15 is 0 Å². The second-order valence-electron chi connectivity index (χ2n) is 7.65. The van der Waals surface area contributed by atoms with Crippen LogP contribution in [-0.4, -0.2) is 60.9 Å². The summed E-state index contributed by atoms with van der Waals surface area (Å²) in [6.07, 6.45) is 0. The van der Waals surface area contributed by atoms with Gasteiger partial charge in [0.15, 0.2) is 0 Å². The quantitative estimate of drug-likeness (QED) is 0.393. The molecule has 6 nitrogen and oxygen atoms in total. The first kappa shape index (κ1) is 23.1. The van der Waals surface area contributed by atoms with Crippen molar-refractivity contribution in [3.05, 3.63) is 68.7 Å². The highest BCUT2D eigenvalue weighted by Gasteiger charge is 2.46. The number of rotatable bonds is 6. The molecule has 1 saturated heterocycles. The molecule has 1 aliphatic heterocycles. The lowest BCUT2D eigenvalue weighted by Crippen LogP contribution is -2.35. The average molecular weight is 463 g/mol. The highest BCUT2D eigenvalue weighted by Crippen LogP contribution is 2.42. The van der Waals surface area contributed by atoms with Crippen LogP contribution in [0.1, 0.15) is 22.7 Å². The second kappa shape index (κ2) is 9.30. The summed E-state index contributed by atoms with van der Waals surface area (Å²) in [6, 6.07) is 9.12. The Bertz CT molecular complexity index is 1070. The second-order valence-corrected chi connectivity index (χ2v) is 8.49. The molecule has 1 atom stereocenters. The lowest BCUT2D eigenvalue weighted by atomic mass is 9.94. The fraction of sp³-hybridized carbons (Fsp3) is 0.304. The Hall–Kier alpha value is -2.54. The number of carbonyl (C=O) groups excluding carboxylic acids is 2. The van der Waals surface area contributed by atoms with E-state index < -0.39 is 17.7 Å².